The Balaban J connectivity index is 1.61. The minimum absolute atomic E-state index is 0.0442. The first-order valence-electron chi connectivity index (χ1n) is 9.53. The second-order valence-electron chi connectivity index (χ2n) is 8.34. The number of anilines is 3. The van der Waals surface area contributed by atoms with Crippen molar-refractivity contribution in [1.29, 1.82) is 0 Å². The van der Waals surface area contributed by atoms with Crippen LogP contribution >= 0.6 is 0 Å². The monoisotopic (exact) mass is 369 g/mol. The molecule has 1 unspecified atom stereocenters. The minimum Gasteiger partial charge on any atom is -0.393 e. The van der Waals surface area contributed by atoms with Crippen molar-refractivity contribution in [3.05, 3.63) is 29.7 Å². The Labute approximate surface area is 159 Å². The summed E-state index contributed by atoms with van der Waals surface area (Å²) in [6.45, 7) is 6.10. The van der Waals surface area contributed by atoms with Gasteiger partial charge >= 0.3 is 0 Å². The molecular weight excluding hydrogens is 342 g/mol. The van der Waals surface area contributed by atoms with Gasteiger partial charge in [0.2, 0.25) is 11.9 Å². The number of aromatic nitrogens is 4. The van der Waals surface area contributed by atoms with Crippen LogP contribution in [-0.2, 0) is 6.42 Å². The van der Waals surface area contributed by atoms with Crippen LogP contribution < -0.4 is 16.0 Å². The van der Waals surface area contributed by atoms with Crippen LogP contribution in [0.2, 0.25) is 0 Å². The Morgan fingerprint density at radius 3 is 2.74 bits per heavy atom. The van der Waals surface area contributed by atoms with E-state index < -0.39 is 0 Å². The van der Waals surface area contributed by atoms with Gasteiger partial charge in [0.15, 0.2) is 0 Å². The van der Waals surface area contributed by atoms with Gasteiger partial charge in [-0.25, -0.2) is 15.0 Å². The highest BCUT2D eigenvalue weighted by molar-refractivity contribution is 5.42. The van der Waals surface area contributed by atoms with Crippen molar-refractivity contribution in [1.82, 2.24) is 19.9 Å². The van der Waals surface area contributed by atoms with Crippen LogP contribution in [0.1, 0.15) is 50.4 Å². The second kappa shape index (κ2) is 6.92. The second-order valence-corrected chi connectivity index (χ2v) is 8.34. The van der Waals surface area contributed by atoms with Gasteiger partial charge in [0.05, 0.1) is 17.8 Å². The molecule has 8 heteroatoms. The normalized spacial score (nSPS) is 22.3. The molecule has 0 bridgehead atoms. The average Bonchev–Trinajstić information content (AvgIpc) is 2.61. The highest BCUT2D eigenvalue weighted by atomic mass is 16.3. The van der Waals surface area contributed by atoms with Crippen LogP contribution in [0.25, 0.3) is 0 Å². The Hall–Kier alpha value is -2.48. The molecule has 0 saturated carbocycles. The molecule has 4 N–H and O–H groups in total. The van der Waals surface area contributed by atoms with Crippen molar-refractivity contribution in [3.63, 3.8) is 0 Å². The maximum Gasteiger partial charge on any atom is 0.225 e. The summed E-state index contributed by atoms with van der Waals surface area (Å²) in [4.78, 5) is 20.2. The van der Waals surface area contributed by atoms with Crippen molar-refractivity contribution in [2.75, 3.05) is 29.0 Å². The number of piperidine rings is 1. The molecule has 3 heterocycles. The van der Waals surface area contributed by atoms with E-state index in [4.69, 9.17) is 10.7 Å². The molecular formula is C19H27N7O. The summed E-state index contributed by atoms with van der Waals surface area (Å²) in [6.07, 6.45) is 6.77. The molecule has 0 radical (unpaired) electrons. The Morgan fingerprint density at radius 1 is 1.22 bits per heavy atom. The van der Waals surface area contributed by atoms with Gasteiger partial charge in [0.1, 0.15) is 5.82 Å². The summed E-state index contributed by atoms with van der Waals surface area (Å²) in [5.41, 5.74) is 8.06. The maximum absolute atomic E-state index is 9.73. The first kappa shape index (κ1) is 17.9. The predicted molar refractivity (Wildman–Crippen MR) is 104 cm³/mol. The lowest BCUT2D eigenvalue weighted by Crippen LogP contribution is -2.38. The highest BCUT2D eigenvalue weighted by Gasteiger charge is 2.34. The molecule has 4 rings (SSSR count). The topological polar surface area (TPSA) is 113 Å². The van der Waals surface area contributed by atoms with E-state index in [2.05, 4.69) is 39.0 Å². The quantitative estimate of drug-likeness (QED) is 0.752. The van der Waals surface area contributed by atoms with Gasteiger partial charge in [0.25, 0.3) is 0 Å². The number of rotatable bonds is 3. The number of nitrogens with zero attached hydrogens (tertiary/aromatic N) is 5. The molecule has 2 aromatic heterocycles. The van der Waals surface area contributed by atoms with E-state index in [1.807, 2.05) is 6.20 Å². The average molecular weight is 369 g/mol. The summed E-state index contributed by atoms with van der Waals surface area (Å²) in [6, 6.07) is 1.72. The maximum atomic E-state index is 9.73. The van der Waals surface area contributed by atoms with Gasteiger partial charge in [-0.05, 0) is 37.2 Å². The fourth-order valence-corrected chi connectivity index (χ4v) is 3.98. The van der Waals surface area contributed by atoms with Gasteiger partial charge in [-0.2, -0.15) is 4.98 Å². The summed E-state index contributed by atoms with van der Waals surface area (Å²) in [7, 11) is 0. The third kappa shape index (κ3) is 3.95. The van der Waals surface area contributed by atoms with Crippen LogP contribution in [0.15, 0.2) is 18.5 Å². The molecule has 1 fully saturated rings. The zero-order chi connectivity index (χ0) is 19.0. The third-order valence-corrected chi connectivity index (χ3v) is 5.39. The van der Waals surface area contributed by atoms with E-state index in [0.717, 1.165) is 56.0 Å². The SMILES string of the molecule is CC1(C)Cc2nc(N3CCC(O)CC3)ncc2C(Nc2nccc(N)n2)C1. The molecule has 2 aromatic rings. The zero-order valence-corrected chi connectivity index (χ0v) is 15.9. The molecule has 2 aliphatic rings. The highest BCUT2D eigenvalue weighted by Crippen LogP contribution is 2.41. The number of nitrogens with two attached hydrogens (primary N) is 1. The van der Waals surface area contributed by atoms with Crippen LogP contribution in [0, 0.1) is 5.41 Å². The number of fused-ring (bicyclic) bond motifs is 1. The van der Waals surface area contributed by atoms with E-state index >= 15 is 0 Å². The molecule has 1 saturated heterocycles. The van der Waals surface area contributed by atoms with E-state index in [1.54, 1.807) is 12.3 Å². The largest absolute Gasteiger partial charge is 0.393 e. The van der Waals surface area contributed by atoms with Gasteiger partial charge in [-0.15, -0.1) is 0 Å². The molecule has 0 aromatic carbocycles. The molecule has 0 amide bonds. The summed E-state index contributed by atoms with van der Waals surface area (Å²) >= 11 is 0. The van der Waals surface area contributed by atoms with Gasteiger partial charge in [0, 0.05) is 31.0 Å². The van der Waals surface area contributed by atoms with Crippen LogP contribution in [0.5, 0.6) is 0 Å². The molecule has 144 valence electrons. The Morgan fingerprint density at radius 2 is 2.00 bits per heavy atom. The lowest BCUT2D eigenvalue weighted by Gasteiger charge is -2.37. The van der Waals surface area contributed by atoms with Gasteiger partial charge < -0.3 is 21.1 Å². The standard InChI is InChI=1S/C19H27N7O/c1-19(2)9-14(23-17-21-6-3-16(20)25-17)13-11-22-18(24-15(13)10-19)26-7-4-12(27)5-8-26/h3,6,11-12,14,27H,4-5,7-10H2,1-2H3,(H3,20,21,23,25). The third-order valence-electron chi connectivity index (χ3n) is 5.39. The number of hydrogen-bond donors (Lipinski definition) is 3. The molecule has 0 spiro atoms. The Bertz CT molecular complexity index is 817. The molecule has 1 aliphatic heterocycles. The molecule has 8 nitrogen and oxygen atoms in total. The van der Waals surface area contributed by atoms with Crippen molar-refractivity contribution in [2.45, 2.75) is 51.7 Å². The van der Waals surface area contributed by atoms with E-state index in [-0.39, 0.29) is 17.6 Å². The van der Waals surface area contributed by atoms with Gasteiger partial charge in [-0.3, -0.25) is 0 Å². The van der Waals surface area contributed by atoms with Crippen molar-refractivity contribution >= 4 is 17.7 Å². The lowest BCUT2D eigenvalue weighted by molar-refractivity contribution is 0.145. The molecule has 1 aliphatic carbocycles. The minimum atomic E-state index is -0.204. The number of hydrogen-bond acceptors (Lipinski definition) is 8. The first-order valence-corrected chi connectivity index (χ1v) is 9.53. The van der Waals surface area contributed by atoms with E-state index in [9.17, 15) is 5.11 Å². The Kier molecular flexibility index (Phi) is 4.59. The fraction of sp³-hybridized carbons (Fsp3) is 0.579. The summed E-state index contributed by atoms with van der Waals surface area (Å²) in [5.74, 6) is 1.73. The zero-order valence-electron chi connectivity index (χ0n) is 15.9. The summed E-state index contributed by atoms with van der Waals surface area (Å²) < 4.78 is 0. The van der Waals surface area contributed by atoms with Gasteiger partial charge in [-0.1, -0.05) is 13.8 Å². The van der Waals surface area contributed by atoms with Crippen molar-refractivity contribution < 1.29 is 5.11 Å². The van der Waals surface area contributed by atoms with E-state index in [1.165, 1.54) is 0 Å². The van der Waals surface area contributed by atoms with Crippen molar-refractivity contribution in [2.24, 2.45) is 5.41 Å². The van der Waals surface area contributed by atoms with Crippen molar-refractivity contribution in [3.8, 4) is 0 Å². The van der Waals surface area contributed by atoms with E-state index in [0.29, 0.717) is 11.8 Å². The summed E-state index contributed by atoms with van der Waals surface area (Å²) in [5, 5.41) is 13.1. The molecule has 27 heavy (non-hydrogen) atoms. The number of aliphatic hydroxyl groups excluding tert-OH is 1. The number of nitrogen functional groups attached to an aromatic ring is 1. The lowest BCUT2D eigenvalue weighted by atomic mass is 9.74. The number of nitrogens with one attached hydrogen (secondary N) is 1. The first-order chi connectivity index (χ1) is 12.9. The smallest absolute Gasteiger partial charge is 0.225 e. The van der Waals surface area contributed by atoms with Crippen LogP contribution in [-0.4, -0.2) is 44.2 Å². The van der Waals surface area contributed by atoms with Crippen LogP contribution in [0.4, 0.5) is 17.7 Å². The predicted octanol–water partition coefficient (Wildman–Crippen LogP) is 1.94. The fourth-order valence-electron chi connectivity index (χ4n) is 3.98. The molecule has 1 atom stereocenters. The van der Waals surface area contributed by atoms with Crippen LogP contribution in [0.3, 0.4) is 0 Å². The number of aliphatic hydroxyl groups is 1.